The Hall–Kier alpha value is -2.76. The minimum atomic E-state index is -0.976. The molecule has 28 heavy (non-hydrogen) atoms. The summed E-state index contributed by atoms with van der Waals surface area (Å²) in [5.74, 6) is 7.24. The summed E-state index contributed by atoms with van der Waals surface area (Å²) in [6.45, 7) is 4.36. The van der Waals surface area contributed by atoms with E-state index in [0.29, 0.717) is 23.2 Å². The van der Waals surface area contributed by atoms with Crippen LogP contribution >= 0.6 is 11.8 Å². The van der Waals surface area contributed by atoms with Crippen LogP contribution in [0, 0.1) is 11.8 Å². The lowest BCUT2D eigenvalue weighted by molar-refractivity contribution is 0.203. The molecule has 1 aromatic carbocycles. The van der Waals surface area contributed by atoms with E-state index in [4.69, 9.17) is 5.73 Å². The lowest BCUT2D eigenvalue weighted by Gasteiger charge is -2.30. The maximum Gasteiger partial charge on any atom is 0.169 e. The SMILES string of the molecule is CC#CCNc1cnc(C(O)Nc2cccc([C@]3(C)CCSC(N)=N3)c2)cn1. The smallest absolute Gasteiger partial charge is 0.169 e. The molecular weight excluding hydrogens is 372 g/mol. The maximum absolute atomic E-state index is 10.5. The summed E-state index contributed by atoms with van der Waals surface area (Å²) in [6, 6.07) is 7.86. The topological polar surface area (TPSA) is 108 Å². The zero-order chi connectivity index (χ0) is 20.0. The molecule has 1 aliphatic heterocycles. The number of nitrogens with zero attached hydrogens (tertiary/aromatic N) is 3. The molecule has 0 fully saturated rings. The molecule has 1 aliphatic rings. The second-order valence-corrected chi connectivity index (χ2v) is 7.67. The molecule has 0 spiro atoms. The number of nitrogens with two attached hydrogens (primary N) is 1. The van der Waals surface area contributed by atoms with E-state index in [0.717, 1.165) is 23.4 Å². The molecule has 2 atom stereocenters. The summed E-state index contributed by atoms with van der Waals surface area (Å²) < 4.78 is 0. The van der Waals surface area contributed by atoms with Crippen molar-refractivity contribution in [2.24, 2.45) is 10.7 Å². The predicted octanol–water partition coefficient (Wildman–Crippen LogP) is 2.68. The molecule has 2 heterocycles. The van der Waals surface area contributed by atoms with E-state index in [-0.39, 0.29) is 5.54 Å². The Morgan fingerprint density at radius 3 is 2.93 bits per heavy atom. The number of hydrogen-bond acceptors (Lipinski definition) is 8. The fraction of sp³-hybridized carbons (Fsp3) is 0.350. The predicted molar refractivity (Wildman–Crippen MR) is 115 cm³/mol. The first-order valence-electron chi connectivity index (χ1n) is 8.99. The van der Waals surface area contributed by atoms with E-state index in [1.165, 1.54) is 6.20 Å². The van der Waals surface area contributed by atoms with Crippen LogP contribution in [-0.4, -0.2) is 32.5 Å². The van der Waals surface area contributed by atoms with E-state index >= 15 is 0 Å². The fourth-order valence-electron chi connectivity index (χ4n) is 2.86. The molecule has 8 heteroatoms. The molecule has 0 aliphatic carbocycles. The highest BCUT2D eigenvalue weighted by molar-refractivity contribution is 8.13. The summed E-state index contributed by atoms with van der Waals surface area (Å²) in [6.07, 6.45) is 3.04. The van der Waals surface area contributed by atoms with Gasteiger partial charge in [0.05, 0.1) is 24.5 Å². The first-order chi connectivity index (χ1) is 13.5. The summed E-state index contributed by atoms with van der Waals surface area (Å²) >= 11 is 1.58. The van der Waals surface area contributed by atoms with Gasteiger partial charge in [0.25, 0.3) is 0 Å². The number of amidine groups is 1. The van der Waals surface area contributed by atoms with Crippen LogP contribution in [0.3, 0.4) is 0 Å². The molecule has 2 aromatic rings. The molecule has 1 aromatic heterocycles. The van der Waals surface area contributed by atoms with Gasteiger partial charge in [-0.15, -0.1) is 5.92 Å². The zero-order valence-electron chi connectivity index (χ0n) is 15.9. The average Bonchev–Trinajstić information content (AvgIpc) is 2.69. The highest BCUT2D eigenvalue weighted by atomic mass is 32.2. The number of aliphatic hydroxyl groups is 1. The molecule has 146 valence electrons. The van der Waals surface area contributed by atoms with Crippen molar-refractivity contribution < 1.29 is 5.11 Å². The van der Waals surface area contributed by atoms with Crippen LogP contribution in [-0.2, 0) is 5.54 Å². The fourth-order valence-corrected chi connectivity index (χ4v) is 3.84. The number of aliphatic imine (C=N–C) groups is 1. The van der Waals surface area contributed by atoms with E-state index < -0.39 is 6.23 Å². The van der Waals surface area contributed by atoms with E-state index in [9.17, 15) is 5.11 Å². The van der Waals surface area contributed by atoms with Crippen molar-refractivity contribution in [2.75, 3.05) is 22.9 Å². The van der Waals surface area contributed by atoms with Crippen molar-refractivity contribution in [1.29, 1.82) is 0 Å². The van der Waals surface area contributed by atoms with Crippen molar-refractivity contribution in [3.63, 3.8) is 0 Å². The third-order valence-electron chi connectivity index (χ3n) is 4.47. The first-order valence-corrected chi connectivity index (χ1v) is 9.97. The standard InChI is InChI=1S/C20H24N6OS/c1-3-4-9-22-17-13-23-16(12-24-17)18(27)25-15-7-5-6-14(11-15)20(2)8-10-28-19(21)26-20/h5-7,11-13,18,25,27H,8-10H2,1-2H3,(H2,21,26)(H,22,24)/t18?,20-/m0/s1. The summed E-state index contributed by atoms with van der Waals surface area (Å²) in [4.78, 5) is 13.1. The molecule has 0 radical (unpaired) electrons. The zero-order valence-corrected chi connectivity index (χ0v) is 16.8. The van der Waals surface area contributed by atoms with Gasteiger partial charge in [-0.05, 0) is 38.0 Å². The molecule has 0 saturated carbocycles. The maximum atomic E-state index is 10.5. The Morgan fingerprint density at radius 2 is 2.21 bits per heavy atom. The van der Waals surface area contributed by atoms with Crippen LogP contribution < -0.4 is 16.4 Å². The van der Waals surface area contributed by atoms with Crippen molar-refractivity contribution in [3.8, 4) is 11.8 Å². The van der Waals surface area contributed by atoms with Crippen LogP contribution in [0.15, 0.2) is 41.7 Å². The number of aromatic nitrogens is 2. The largest absolute Gasteiger partial charge is 0.379 e. The Kier molecular flexibility index (Phi) is 6.39. The Balaban J connectivity index is 1.69. The number of nitrogens with one attached hydrogen (secondary N) is 2. The molecule has 5 N–H and O–H groups in total. The Morgan fingerprint density at radius 1 is 1.36 bits per heavy atom. The van der Waals surface area contributed by atoms with Crippen LogP contribution in [0.5, 0.6) is 0 Å². The summed E-state index contributed by atoms with van der Waals surface area (Å²) in [5.41, 5.74) is 7.83. The van der Waals surface area contributed by atoms with Gasteiger partial charge in [0.1, 0.15) is 11.5 Å². The van der Waals surface area contributed by atoms with Crippen LogP contribution in [0.25, 0.3) is 0 Å². The molecular formula is C20H24N6OS. The van der Waals surface area contributed by atoms with E-state index in [1.807, 2.05) is 24.3 Å². The third kappa shape index (κ3) is 4.94. The van der Waals surface area contributed by atoms with E-state index in [1.54, 1.807) is 24.9 Å². The summed E-state index contributed by atoms with van der Waals surface area (Å²) in [7, 11) is 0. The van der Waals surface area contributed by atoms with Crippen LogP contribution in [0.4, 0.5) is 11.5 Å². The lowest BCUT2D eigenvalue weighted by atomic mass is 9.89. The third-order valence-corrected chi connectivity index (χ3v) is 5.27. The van der Waals surface area contributed by atoms with Crippen molar-refractivity contribution >= 4 is 28.4 Å². The minimum Gasteiger partial charge on any atom is -0.379 e. The number of rotatable bonds is 6. The van der Waals surface area contributed by atoms with Gasteiger partial charge in [-0.3, -0.25) is 9.98 Å². The van der Waals surface area contributed by atoms with Gasteiger partial charge in [0.15, 0.2) is 11.4 Å². The van der Waals surface area contributed by atoms with Gasteiger partial charge in [-0.2, -0.15) is 0 Å². The molecule has 0 bridgehead atoms. The van der Waals surface area contributed by atoms with Crippen LogP contribution in [0.2, 0.25) is 0 Å². The summed E-state index contributed by atoms with van der Waals surface area (Å²) in [5, 5.41) is 17.2. The van der Waals surface area contributed by atoms with Crippen molar-refractivity contribution in [1.82, 2.24) is 9.97 Å². The highest BCUT2D eigenvalue weighted by Crippen LogP contribution is 2.36. The average molecular weight is 397 g/mol. The Bertz CT molecular complexity index is 905. The van der Waals surface area contributed by atoms with Gasteiger partial charge < -0.3 is 21.5 Å². The normalized spacial score (nSPS) is 19.8. The molecule has 0 saturated heterocycles. The molecule has 3 rings (SSSR count). The first kappa shape index (κ1) is 20.0. The Labute approximate surface area is 169 Å². The van der Waals surface area contributed by atoms with E-state index in [2.05, 4.69) is 44.4 Å². The molecule has 1 unspecified atom stereocenters. The quantitative estimate of drug-likeness (QED) is 0.439. The van der Waals surface area contributed by atoms with Gasteiger partial charge in [-0.25, -0.2) is 4.98 Å². The van der Waals surface area contributed by atoms with Crippen molar-refractivity contribution in [2.45, 2.75) is 32.0 Å². The monoisotopic (exact) mass is 396 g/mol. The van der Waals surface area contributed by atoms with Gasteiger partial charge in [0.2, 0.25) is 0 Å². The number of benzene rings is 1. The second kappa shape index (κ2) is 8.95. The minimum absolute atomic E-state index is 0.355. The van der Waals surface area contributed by atoms with Crippen molar-refractivity contribution in [3.05, 3.63) is 47.9 Å². The highest BCUT2D eigenvalue weighted by Gasteiger charge is 2.29. The molecule has 7 nitrogen and oxygen atoms in total. The second-order valence-electron chi connectivity index (χ2n) is 6.56. The number of anilines is 2. The van der Waals surface area contributed by atoms with Crippen LogP contribution in [0.1, 0.15) is 37.8 Å². The van der Waals surface area contributed by atoms with Gasteiger partial charge >= 0.3 is 0 Å². The lowest BCUT2D eigenvalue weighted by Crippen LogP contribution is -2.28. The number of thioether (sulfide) groups is 1. The number of hydrogen-bond donors (Lipinski definition) is 4. The van der Waals surface area contributed by atoms with Gasteiger partial charge in [0, 0.05) is 11.4 Å². The molecule has 0 amide bonds. The van der Waals surface area contributed by atoms with Gasteiger partial charge in [-0.1, -0.05) is 29.8 Å². The number of aliphatic hydroxyl groups excluding tert-OH is 1.